The molecule has 0 bridgehead atoms. The second-order valence-corrected chi connectivity index (χ2v) is 8.43. The minimum absolute atomic E-state index is 0.0185. The van der Waals surface area contributed by atoms with Crippen molar-refractivity contribution in [2.24, 2.45) is 0 Å². The van der Waals surface area contributed by atoms with Gasteiger partial charge in [-0.1, -0.05) is 36.9 Å². The Kier molecular flexibility index (Phi) is 8.11. The van der Waals surface area contributed by atoms with Crippen molar-refractivity contribution in [2.75, 3.05) is 40.9 Å². The summed E-state index contributed by atoms with van der Waals surface area (Å²) in [5, 5.41) is 13.5. The Morgan fingerprint density at radius 1 is 1.09 bits per heavy atom. The third-order valence-electron chi connectivity index (χ3n) is 5.60. The average Bonchev–Trinajstić information content (AvgIpc) is 3.07. The first-order valence-corrected chi connectivity index (χ1v) is 11.3. The van der Waals surface area contributed by atoms with Gasteiger partial charge >= 0.3 is 0 Å². The fourth-order valence-corrected chi connectivity index (χ4v) is 3.94. The summed E-state index contributed by atoms with van der Waals surface area (Å²) in [7, 11) is 5.61. The van der Waals surface area contributed by atoms with E-state index in [1.807, 2.05) is 45.3 Å². The molecule has 2 aromatic rings. The lowest BCUT2D eigenvalue weighted by atomic mass is 9.95. The Labute approximate surface area is 195 Å². The summed E-state index contributed by atoms with van der Waals surface area (Å²) in [6.45, 7) is 3.81. The molecule has 1 saturated heterocycles. The van der Waals surface area contributed by atoms with Gasteiger partial charge in [-0.3, -0.25) is 9.59 Å². The van der Waals surface area contributed by atoms with E-state index in [0.717, 1.165) is 13.0 Å². The van der Waals surface area contributed by atoms with Crippen LogP contribution in [0.3, 0.4) is 0 Å². The van der Waals surface area contributed by atoms with E-state index < -0.39 is 23.5 Å². The van der Waals surface area contributed by atoms with Crippen LogP contribution in [0.5, 0.6) is 11.5 Å². The van der Waals surface area contributed by atoms with Crippen LogP contribution in [0, 0.1) is 0 Å². The molecule has 7 heteroatoms. The van der Waals surface area contributed by atoms with Crippen molar-refractivity contribution in [3.8, 4) is 11.5 Å². The number of quaternary nitrogens is 1. The molecule has 1 fully saturated rings. The van der Waals surface area contributed by atoms with Gasteiger partial charge in [0.1, 0.15) is 11.5 Å². The maximum atomic E-state index is 13.5. The van der Waals surface area contributed by atoms with Gasteiger partial charge in [0.2, 0.25) is 5.78 Å². The summed E-state index contributed by atoms with van der Waals surface area (Å²) >= 11 is 0. The van der Waals surface area contributed by atoms with E-state index in [4.69, 9.17) is 9.47 Å². The molecule has 0 radical (unpaired) electrons. The molecule has 7 nitrogen and oxygen atoms in total. The number of rotatable bonds is 10. The fourth-order valence-electron chi connectivity index (χ4n) is 3.94. The van der Waals surface area contributed by atoms with Crippen LogP contribution in [-0.2, 0) is 9.59 Å². The first kappa shape index (κ1) is 24.3. The predicted molar refractivity (Wildman–Crippen MR) is 124 cm³/mol. The molecule has 33 heavy (non-hydrogen) atoms. The number of Topliss-reactive ketones (excluding diaryl/α,β-unsaturated/α-hetero) is 1. The molecule has 0 aromatic heterocycles. The lowest BCUT2D eigenvalue weighted by Crippen LogP contribution is -3.05. The molecule has 1 unspecified atom stereocenters. The molecule has 1 atom stereocenters. The molecule has 1 aliphatic rings. The van der Waals surface area contributed by atoms with E-state index in [1.54, 1.807) is 31.4 Å². The van der Waals surface area contributed by atoms with E-state index in [1.165, 1.54) is 9.80 Å². The van der Waals surface area contributed by atoms with E-state index >= 15 is 0 Å². The quantitative estimate of drug-likeness (QED) is 0.333. The zero-order valence-electron chi connectivity index (χ0n) is 19.7. The van der Waals surface area contributed by atoms with Crippen LogP contribution in [0.25, 0.3) is 5.76 Å². The van der Waals surface area contributed by atoms with Gasteiger partial charge in [-0.15, -0.1) is 0 Å². The van der Waals surface area contributed by atoms with Crippen LogP contribution >= 0.6 is 0 Å². The van der Waals surface area contributed by atoms with Crippen molar-refractivity contribution >= 4 is 17.4 Å². The molecule has 0 aliphatic carbocycles. The Balaban J connectivity index is 2.07. The van der Waals surface area contributed by atoms with Gasteiger partial charge in [0.15, 0.2) is 0 Å². The van der Waals surface area contributed by atoms with Crippen molar-refractivity contribution < 1.29 is 29.1 Å². The Morgan fingerprint density at radius 2 is 1.82 bits per heavy atom. The molecule has 0 saturated carbocycles. The summed E-state index contributed by atoms with van der Waals surface area (Å²) in [5.41, 5.74) is 1.02. The SMILES string of the molecule is CCCOc1cccc(C2/C(=C(\[O-])c3ccc(OC)cc3)C(=O)C(=O)N2CCC[NH+](C)C)c1. The summed E-state index contributed by atoms with van der Waals surface area (Å²) in [6, 6.07) is 13.1. The zero-order chi connectivity index (χ0) is 24.0. The second-order valence-electron chi connectivity index (χ2n) is 8.43. The molecule has 1 aliphatic heterocycles. The van der Waals surface area contributed by atoms with Crippen molar-refractivity contribution in [1.82, 2.24) is 4.90 Å². The Hall–Kier alpha value is -3.32. The highest BCUT2D eigenvalue weighted by molar-refractivity contribution is 6.46. The highest BCUT2D eigenvalue weighted by Crippen LogP contribution is 2.39. The third kappa shape index (κ3) is 5.54. The van der Waals surface area contributed by atoms with Crippen molar-refractivity contribution in [3.63, 3.8) is 0 Å². The van der Waals surface area contributed by atoms with Crippen LogP contribution in [0.1, 0.15) is 36.9 Å². The van der Waals surface area contributed by atoms with Crippen molar-refractivity contribution in [3.05, 3.63) is 65.2 Å². The Bertz CT molecular complexity index is 1010. The van der Waals surface area contributed by atoms with Crippen LogP contribution in [0.4, 0.5) is 0 Å². The van der Waals surface area contributed by atoms with Gasteiger partial charge in [0, 0.05) is 18.5 Å². The highest BCUT2D eigenvalue weighted by atomic mass is 16.5. The van der Waals surface area contributed by atoms with E-state index in [9.17, 15) is 14.7 Å². The van der Waals surface area contributed by atoms with E-state index in [0.29, 0.717) is 42.2 Å². The third-order valence-corrected chi connectivity index (χ3v) is 5.60. The first-order chi connectivity index (χ1) is 15.9. The molecule has 176 valence electrons. The number of benzene rings is 2. The van der Waals surface area contributed by atoms with Crippen molar-refractivity contribution in [1.29, 1.82) is 0 Å². The molecule has 3 rings (SSSR count). The lowest BCUT2D eigenvalue weighted by Gasteiger charge is -2.28. The number of carbonyl (C=O) groups excluding carboxylic acids is 2. The van der Waals surface area contributed by atoms with Gasteiger partial charge in [0.25, 0.3) is 5.91 Å². The van der Waals surface area contributed by atoms with Crippen LogP contribution in [-0.4, -0.2) is 57.5 Å². The number of carbonyl (C=O) groups is 2. The number of ether oxygens (including phenoxy) is 2. The minimum Gasteiger partial charge on any atom is -0.872 e. The van der Waals surface area contributed by atoms with Crippen molar-refractivity contribution in [2.45, 2.75) is 25.8 Å². The molecule has 1 N–H and O–H groups in total. The average molecular weight is 453 g/mol. The smallest absolute Gasteiger partial charge is 0.295 e. The predicted octanol–water partition coefficient (Wildman–Crippen LogP) is 1.24. The number of amides is 1. The number of ketones is 1. The topological polar surface area (TPSA) is 83.3 Å². The fraction of sp³-hybridized carbons (Fsp3) is 0.385. The largest absolute Gasteiger partial charge is 0.872 e. The standard InChI is InChI=1S/C26H32N2O5/c1-5-16-33-21-9-6-8-19(17-21)23-22(24(29)18-10-12-20(32-4)13-11-18)25(30)26(31)28(23)15-7-14-27(2)3/h6,8-13,17,23,29H,5,7,14-16H2,1-4H3/b24-22+. The number of hydrogen-bond acceptors (Lipinski definition) is 5. The van der Waals surface area contributed by atoms with Gasteiger partial charge in [-0.2, -0.15) is 0 Å². The summed E-state index contributed by atoms with van der Waals surface area (Å²) in [4.78, 5) is 28.9. The number of nitrogens with zero attached hydrogens (tertiary/aromatic N) is 1. The van der Waals surface area contributed by atoms with Gasteiger partial charge < -0.3 is 24.4 Å². The maximum absolute atomic E-state index is 13.5. The molecule has 2 aromatic carbocycles. The number of nitrogens with one attached hydrogen (secondary N) is 1. The Morgan fingerprint density at radius 3 is 2.45 bits per heavy atom. The summed E-state index contributed by atoms with van der Waals surface area (Å²) in [6.07, 6.45) is 1.57. The second kappa shape index (κ2) is 11.0. The number of hydrogen-bond donors (Lipinski definition) is 1. The van der Waals surface area contributed by atoms with Crippen LogP contribution in [0.15, 0.2) is 54.1 Å². The maximum Gasteiger partial charge on any atom is 0.295 e. The lowest BCUT2D eigenvalue weighted by molar-refractivity contribution is -0.858. The van der Waals surface area contributed by atoms with Gasteiger partial charge in [-0.05, 0) is 41.8 Å². The zero-order valence-corrected chi connectivity index (χ0v) is 19.7. The van der Waals surface area contributed by atoms with E-state index in [-0.39, 0.29) is 5.57 Å². The molecule has 1 amide bonds. The molecular weight excluding hydrogens is 420 g/mol. The highest BCUT2D eigenvalue weighted by Gasteiger charge is 2.44. The monoisotopic (exact) mass is 452 g/mol. The molecule has 1 heterocycles. The van der Waals surface area contributed by atoms with E-state index in [2.05, 4.69) is 0 Å². The van der Waals surface area contributed by atoms with Gasteiger partial charge in [0.05, 0.1) is 40.4 Å². The summed E-state index contributed by atoms with van der Waals surface area (Å²) in [5.74, 6) is -0.560. The number of methoxy groups -OCH3 is 1. The van der Waals surface area contributed by atoms with Crippen LogP contribution < -0.4 is 19.5 Å². The normalized spacial score (nSPS) is 17.6. The molecule has 0 spiro atoms. The number of likely N-dealkylation sites (tertiary alicyclic amines) is 1. The minimum atomic E-state index is -0.748. The van der Waals surface area contributed by atoms with Crippen LogP contribution in [0.2, 0.25) is 0 Å². The molecular formula is C26H32N2O5. The van der Waals surface area contributed by atoms with Gasteiger partial charge in [-0.25, -0.2) is 0 Å². The first-order valence-electron chi connectivity index (χ1n) is 11.3. The summed E-state index contributed by atoms with van der Waals surface area (Å²) < 4.78 is 10.9.